The maximum atomic E-state index is 10.7. The van der Waals surface area contributed by atoms with Gasteiger partial charge in [0.15, 0.2) is 0 Å². The largest absolute Gasteiger partial charge is 0.289 e. The van der Waals surface area contributed by atoms with Crippen LogP contribution >= 0.6 is 23.4 Å². The summed E-state index contributed by atoms with van der Waals surface area (Å²) in [6, 6.07) is 14.5. The molecule has 17 heavy (non-hydrogen) atoms. The average molecular weight is 266 g/mol. The Morgan fingerprint density at radius 3 is 2.41 bits per heavy atom. The molecule has 0 aliphatic rings. The topological polar surface area (TPSA) is 43.1 Å². The fraction of sp³-hybridized carbons (Fsp3) is 0. The highest BCUT2D eigenvalue weighted by Gasteiger charge is 2.12. The van der Waals surface area contributed by atoms with Crippen LogP contribution in [0.1, 0.15) is 0 Å². The molecule has 0 saturated heterocycles. The van der Waals surface area contributed by atoms with Gasteiger partial charge in [-0.3, -0.25) is 10.1 Å². The monoisotopic (exact) mass is 265 g/mol. The molecule has 0 aliphatic carbocycles. The van der Waals surface area contributed by atoms with E-state index < -0.39 is 4.92 Å². The van der Waals surface area contributed by atoms with E-state index in [-0.39, 0.29) is 10.7 Å². The molecule has 0 amide bonds. The van der Waals surface area contributed by atoms with Crippen LogP contribution in [0.15, 0.2) is 58.3 Å². The molecule has 2 aromatic rings. The first-order valence-electron chi connectivity index (χ1n) is 4.83. The Labute approximate surface area is 108 Å². The van der Waals surface area contributed by atoms with Gasteiger partial charge in [-0.05, 0) is 24.3 Å². The minimum Gasteiger partial charge on any atom is -0.258 e. The van der Waals surface area contributed by atoms with Crippen LogP contribution in [-0.2, 0) is 0 Å². The van der Waals surface area contributed by atoms with Gasteiger partial charge in [-0.1, -0.05) is 41.6 Å². The van der Waals surface area contributed by atoms with Gasteiger partial charge in [0.2, 0.25) is 0 Å². The zero-order valence-corrected chi connectivity index (χ0v) is 10.2. The van der Waals surface area contributed by atoms with E-state index in [1.54, 1.807) is 12.1 Å². The fourth-order valence-corrected chi connectivity index (χ4v) is 2.38. The van der Waals surface area contributed by atoms with Crippen LogP contribution in [0.3, 0.4) is 0 Å². The van der Waals surface area contributed by atoms with Gasteiger partial charge in [-0.2, -0.15) is 0 Å². The second-order valence-corrected chi connectivity index (χ2v) is 4.84. The van der Waals surface area contributed by atoms with Gasteiger partial charge in [0.25, 0.3) is 5.69 Å². The lowest BCUT2D eigenvalue weighted by Gasteiger charge is -2.02. The summed E-state index contributed by atoms with van der Waals surface area (Å²) in [5.74, 6) is 0. The van der Waals surface area contributed by atoms with Crippen molar-refractivity contribution in [3.05, 3.63) is 63.7 Å². The maximum absolute atomic E-state index is 10.7. The summed E-state index contributed by atoms with van der Waals surface area (Å²) in [5.41, 5.74) is -0.0624. The van der Waals surface area contributed by atoms with Crippen LogP contribution < -0.4 is 0 Å². The zero-order chi connectivity index (χ0) is 12.3. The number of nitro groups is 1. The summed E-state index contributed by atoms with van der Waals surface area (Å²) in [4.78, 5) is 12.1. The first-order valence-corrected chi connectivity index (χ1v) is 6.03. The molecule has 0 radical (unpaired) electrons. The second kappa shape index (κ2) is 5.21. The third kappa shape index (κ3) is 2.99. The predicted molar refractivity (Wildman–Crippen MR) is 68.7 cm³/mol. The second-order valence-electron chi connectivity index (χ2n) is 3.29. The van der Waals surface area contributed by atoms with E-state index in [0.29, 0.717) is 0 Å². The van der Waals surface area contributed by atoms with Crippen molar-refractivity contribution in [1.29, 1.82) is 0 Å². The first kappa shape index (κ1) is 12.0. The molecule has 2 rings (SSSR count). The van der Waals surface area contributed by atoms with Gasteiger partial charge >= 0.3 is 0 Å². The Morgan fingerprint density at radius 2 is 1.76 bits per heavy atom. The molecule has 0 aliphatic heterocycles. The Balaban J connectivity index is 2.29. The smallest absolute Gasteiger partial charge is 0.258 e. The standard InChI is InChI=1S/C12H8ClNO2S/c13-11-7-6-10(8-12(11)14(15)16)17-9-4-2-1-3-5-9/h1-8H. The third-order valence-electron chi connectivity index (χ3n) is 2.09. The van der Waals surface area contributed by atoms with E-state index in [1.807, 2.05) is 30.3 Å². The lowest BCUT2D eigenvalue weighted by Crippen LogP contribution is -1.89. The van der Waals surface area contributed by atoms with E-state index in [1.165, 1.54) is 17.8 Å². The molecule has 0 aromatic heterocycles. The molecule has 0 atom stereocenters. The van der Waals surface area contributed by atoms with Crippen molar-refractivity contribution >= 4 is 29.1 Å². The quantitative estimate of drug-likeness (QED) is 0.610. The highest BCUT2D eigenvalue weighted by molar-refractivity contribution is 7.99. The Hall–Kier alpha value is -1.52. The van der Waals surface area contributed by atoms with Crippen molar-refractivity contribution < 1.29 is 4.92 Å². The highest BCUT2D eigenvalue weighted by Crippen LogP contribution is 2.33. The minimum atomic E-state index is -0.475. The number of hydrogen-bond acceptors (Lipinski definition) is 3. The van der Waals surface area contributed by atoms with Crippen molar-refractivity contribution in [2.45, 2.75) is 9.79 Å². The van der Waals surface area contributed by atoms with E-state index in [9.17, 15) is 10.1 Å². The molecule has 0 spiro atoms. The van der Waals surface area contributed by atoms with Crippen LogP contribution in [0.2, 0.25) is 5.02 Å². The Bertz CT molecular complexity index is 545. The SMILES string of the molecule is O=[N+]([O-])c1cc(Sc2ccccc2)ccc1Cl. The van der Waals surface area contributed by atoms with Crippen molar-refractivity contribution in [1.82, 2.24) is 0 Å². The van der Waals surface area contributed by atoms with Crippen LogP contribution in [0.5, 0.6) is 0 Å². The summed E-state index contributed by atoms with van der Waals surface area (Å²) in [6.45, 7) is 0. The molecule has 0 bridgehead atoms. The predicted octanol–water partition coefficient (Wildman–Crippen LogP) is 4.40. The summed E-state index contributed by atoms with van der Waals surface area (Å²) in [5, 5.41) is 10.9. The molecular weight excluding hydrogens is 258 g/mol. The van der Waals surface area contributed by atoms with Crippen LogP contribution in [0, 0.1) is 10.1 Å². The van der Waals surface area contributed by atoms with E-state index in [4.69, 9.17) is 11.6 Å². The van der Waals surface area contributed by atoms with Gasteiger partial charge in [0, 0.05) is 15.9 Å². The summed E-state index contributed by atoms with van der Waals surface area (Å²) >= 11 is 7.21. The van der Waals surface area contributed by atoms with Gasteiger partial charge in [0.1, 0.15) is 5.02 Å². The average Bonchev–Trinajstić information content (AvgIpc) is 2.32. The molecule has 0 unspecified atom stereocenters. The minimum absolute atomic E-state index is 0.0624. The highest BCUT2D eigenvalue weighted by atomic mass is 35.5. The summed E-state index contributed by atoms with van der Waals surface area (Å²) in [7, 11) is 0. The number of rotatable bonds is 3. The number of halogens is 1. The molecule has 2 aromatic carbocycles. The van der Waals surface area contributed by atoms with E-state index in [0.717, 1.165) is 9.79 Å². The lowest BCUT2D eigenvalue weighted by molar-refractivity contribution is -0.384. The molecule has 0 heterocycles. The van der Waals surface area contributed by atoms with Crippen LogP contribution in [-0.4, -0.2) is 4.92 Å². The fourth-order valence-electron chi connectivity index (χ4n) is 1.32. The summed E-state index contributed by atoms with van der Waals surface area (Å²) in [6.07, 6.45) is 0. The molecule has 86 valence electrons. The van der Waals surface area contributed by atoms with Crippen LogP contribution in [0.25, 0.3) is 0 Å². The normalized spacial score (nSPS) is 10.2. The lowest BCUT2D eigenvalue weighted by atomic mass is 10.3. The molecule has 0 N–H and O–H groups in total. The zero-order valence-electron chi connectivity index (χ0n) is 8.67. The Kier molecular flexibility index (Phi) is 3.66. The molecule has 0 saturated carbocycles. The molecule has 3 nitrogen and oxygen atoms in total. The van der Waals surface area contributed by atoms with Gasteiger partial charge in [0.05, 0.1) is 4.92 Å². The summed E-state index contributed by atoms with van der Waals surface area (Å²) < 4.78 is 0. The van der Waals surface area contributed by atoms with Crippen molar-refractivity contribution in [3.63, 3.8) is 0 Å². The van der Waals surface area contributed by atoms with Crippen molar-refractivity contribution in [2.24, 2.45) is 0 Å². The molecule has 0 fully saturated rings. The van der Waals surface area contributed by atoms with Gasteiger partial charge in [-0.25, -0.2) is 0 Å². The van der Waals surface area contributed by atoms with Crippen molar-refractivity contribution in [3.8, 4) is 0 Å². The Morgan fingerprint density at radius 1 is 1.06 bits per heavy atom. The van der Waals surface area contributed by atoms with Gasteiger partial charge < -0.3 is 0 Å². The number of benzene rings is 2. The van der Waals surface area contributed by atoms with Crippen molar-refractivity contribution in [2.75, 3.05) is 0 Å². The maximum Gasteiger partial charge on any atom is 0.289 e. The van der Waals surface area contributed by atoms with E-state index in [2.05, 4.69) is 0 Å². The third-order valence-corrected chi connectivity index (χ3v) is 3.41. The number of hydrogen-bond donors (Lipinski definition) is 0. The first-order chi connectivity index (χ1) is 8.16. The molecule has 5 heteroatoms. The van der Waals surface area contributed by atoms with E-state index >= 15 is 0 Å². The van der Waals surface area contributed by atoms with Crippen LogP contribution in [0.4, 0.5) is 5.69 Å². The number of nitrogens with zero attached hydrogens (tertiary/aromatic N) is 1. The molecular formula is C12H8ClNO2S. The van der Waals surface area contributed by atoms with Gasteiger partial charge in [-0.15, -0.1) is 0 Å². The number of nitro benzene ring substituents is 1.